The zero-order valence-corrected chi connectivity index (χ0v) is 37.3. The van der Waals surface area contributed by atoms with Crippen LogP contribution in [-0.4, -0.2) is 17.4 Å². The Hall–Kier alpha value is -0.960. The first-order chi connectivity index (χ1) is 21.8. The highest BCUT2D eigenvalue weighted by molar-refractivity contribution is 7.99. The minimum absolute atomic E-state index is 0.0344. The van der Waals surface area contributed by atoms with Crippen molar-refractivity contribution in [1.82, 2.24) is 0 Å². The normalized spacial score (nSPS) is 15.8. The van der Waals surface area contributed by atoms with Gasteiger partial charge >= 0.3 is 0 Å². The van der Waals surface area contributed by atoms with Gasteiger partial charge in [-0.05, 0) is 131 Å². The lowest BCUT2D eigenvalue weighted by molar-refractivity contribution is -0.122. The van der Waals surface area contributed by atoms with E-state index in [0.29, 0.717) is 32.5 Å². The number of thioether (sulfide) groups is 1. The monoisotopic (exact) mass is 702 g/mol. The van der Waals surface area contributed by atoms with Crippen LogP contribution in [-0.2, 0) is 17.6 Å². The molecule has 288 valence electrons. The van der Waals surface area contributed by atoms with Gasteiger partial charge in [0, 0.05) is 5.92 Å². The molecule has 1 aliphatic rings. The predicted molar refractivity (Wildman–Crippen MR) is 225 cm³/mol. The number of benzene rings is 1. The largest absolute Gasteiger partial charge is 0.369 e. The first kappa shape index (κ1) is 48.0. The third kappa shape index (κ3) is 25.6. The molecule has 2 nitrogen and oxygen atoms in total. The lowest BCUT2D eigenvalue weighted by Gasteiger charge is -2.33. The van der Waals surface area contributed by atoms with Crippen molar-refractivity contribution in [3.63, 3.8) is 0 Å². The summed E-state index contributed by atoms with van der Waals surface area (Å²) in [6, 6.07) is 8.98. The molecule has 2 rings (SSSR count). The summed E-state index contributed by atoms with van der Waals surface area (Å²) in [5.74, 6) is 2.11. The summed E-state index contributed by atoms with van der Waals surface area (Å²) >= 11 is 1.94. The van der Waals surface area contributed by atoms with Gasteiger partial charge in [-0.3, -0.25) is 4.79 Å². The van der Waals surface area contributed by atoms with Crippen molar-refractivity contribution in [2.75, 3.05) is 11.5 Å². The van der Waals surface area contributed by atoms with Crippen LogP contribution in [0.15, 0.2) is 24.3 Å². The van der Waals surface area contributed by atoms with Crippen molar-refractivity contribution in [1.29, 1.82) is 0 Å². The van der Waals surface area contributed by atoms with E-state index in [1.165, 1.54) is 63.5 Å². The quantitative estimate of drug-likeness (QED) is 0.208. The fourth-order valence-corrected chi connectivity index (χ4v) is 7.41. The molecule has 3 heteroatoms. The van der Waals surface area contributed by atoms with Crippen LogP contribution < -0.4 is 5.73 Å². The molecule has 49 heavy (non-hydrogen) atoms. The standard InChI is InChI=1S/C18H30.C15H31NOS.C13H26/c1-17(2,3)13-11-15-9-7-8-10-16(15)12-14-18(4,5)6;1-14(2,3)8-10-18-9-7-12(13(16)17)11-15(4,5)6;1-11(2,3)7-8-13(9-10-13)12(4,5)6/h7-10H,11-14H2,1-6H3;12H,7-11H2,1-6H3,(H2,16,17);7-10H2,1-6H3/t;12-;/m.0./s1. The van der Waals surface area contributed by atoms with Gasteiger partial charge in [0.15, 0.2) is 0 Å². The molecule has 0 bridgehead atoms. The maximum atomic E-state index is 11.4. The van der Waals surface area contributed by atoms with E-state index in [-0.39, 0.29) is 17.2 Å². The van der Waals surface area contributed by atoms with Crippen LogP contribution >= 0.6 is 11.8 Å². The van der Waals surface area contributed by atoms with Gasteiger partial charge in [-0.25, -0.2) is 0 Å². The third-order valence-electron chi connectivity index (χ3n) is 10.1. The number of hydrogen-bond acceptors (Lipinski definition) is 2. The summed E-state index contributed by atoms with van der Waals surface area (Å²) in [4.78, 5) is 11.4. The minimum atomic E-state index is -0.138. The highest BCUT2D eigenvalue weighted by atomic mass is 32.2. The maximum absolute atomic E-state index is 11.4. The zero-order chi connectivity index (χ0) is 38.5. The van der Waals surface area contributed by atoms with E-state index < -0.39 is 0 Å². The van der Waals surface area contributed by atoms with E-state index in [2.05, 4.69) is 149 Å². The number of primary amides is 1. The Kier molecular flexibility index (Phi) is 19.4. The summed E-state index contributed by atoms with van der Waals surface area (Å²) in [6.07, 6.45) is 13.7. The van der Waals surface area contributed by atoms with Crippen molar-refractivity contribution in [2.24, 2.45) is 49.6 Å². The first-order valence-electron chi connectivity index (χ1n) is 19.8. The molecule has 1 fully saturated rings. The number of carbonyl (C=O) groups is 1. The van der Waals surface area contributed by atoms with Crippen LogP contribution in [0.5, 0.6) is 0 Å². The van der Waals surface area contributed by atoms with Gasteiger partial charge in [0.25, 0.3) is 0 Å². The third-order valence-corrected chi connectivity index (χ3v) is 11.1. The van der Waals surface area contributed by atoms with Gasteiger partial charge in [-0.2, -0.15) is 11.8 Å². The van der Waals surface area contributed by atoms with E-state index in [4.69, 9.17) is 5.73 Å². The highest BCUT2D eigenvalue weighted by Crippen LogP contribution is 2.62. The first-order valence-corrected chi connectivity index (χ1v) is 20.9. The maximum Gasteiger partial charge on any atom is 0.220 e. The SMILES string of the molecule is CC(C)(C)CCC1(C(C)(C)C)CC1.CC(C)(C)CCSCC[C@@H](CC(C)(C)C)C(N)=O.CC(C)(C)CCc1ccccc1CCC(C)(C)C. The topological polar surface area (TPSA) is 43.1 Å². The Morgan fingerprint density at radius 2 is 1.04 bits per heavy atom. The van der Waals surface area contributed by atoms with E-state index in [9.17, 15) is 4.79 Å². The molecule has 1 aliphatic carbocycles. The number of amides is 1. The molecule has 0 radical (unpaired) electrons. The summed E-state index contributed by atoms with van der Waals surface area (Å²) in [6.45, 7) is 41.5. The molecular formula is C46H87NOS. The van der Waals surface area contributed by atoms with Gasteiger partial charge in [0.2, 0.25) is 5.91 Å². The molecular weight excluding hydrogens is 615 g/mol. The lowest BCUT2D eigenvalue weighted by atomic mass is 9.72. The summed E-state index contributed by atoms with van der Waals surface area (Å²) in [7, 11) is 0. The molecule has 2 N–H and O–H groups in total. The molecule has 0 unspecified atom stereocenters. The molecule has 0 aliphatic heterocycles. The lowest BCUT2D eigenvalue weighted by Crippen LogP contribution is -2.27. The Balaban J connectivity index is 0.000000715. The zero-order valence-electron chi connectivity index (χ0n) is 36.5. The van der Waals surface area contributed by atoms with Gasteiger partial charge in [0.05, 0.1) is 0 Å². The highest BCUT2D eigenvalue weighted by Gasteiger charge is 2.51. The van der Waals surface area contributed by atoms with E-state index in [0.717, 1.165) is 18.6 Å². The van der Waals surface area contributed by atoms with E-state index in [1.807, 2.05) is 11.8 Å². The molecule has 0 heterocycles. The molecule has 1 aromatic carbocycles. The summed E-state index contributed by atoms with van der Waals surface area (Å²) in [5, 5.41) is 0. The van der Waals surface area contributed by atoms with Crippen LogP contribution in [0.25, 0.3) is 0 Å². The second-order valence-corrected chi connectivity index (χ2v) is 23.8. The van der Waals surface area contributed by atoms with Crippen LogP contribution in [0.4, 0.5) is 0 Å². The van der Waals surface area contributed by atoms with Gasteiger partial charge in [0.1, 0.15) is 0 Å². The molecule has 1 atom stereocenters. The molecule has 0 saturated heterocycles. The number of carbonyl (C=O) groups excluding carboxylic acids is 1. The van der Waals surface area contributed by atoms with Crippen LogP contribution in [0.1, 0.15) is 194 Å². The van der Waals surface area contributed by atoms with Gasteiger partial charge < -0.3 is 5.73 Å². The Bertz CT molecular complexity index is 1020. The van der Waals surface area contributed by atoms with E-state index >= 15 is 0 Å². The van der Waals surface area contributed by atoms with Crippen LogP contribution in [0.3, 0.4) is 0 Å². The Morgan fingerprint density at radius 1 is 0.633 bits per heavy atom. The molecule has 0 aromatic heterocycles. The number of rotatable bonds is 13. The fraction of sp³-hybridized carbons (Fsp3) is 0.848. The number of hydrogen-bond donors (Lipinski definition) is 1. The van der Waals surface area contributed by atoms with Crippen molar-refractivity contribution in [3.05, 3.63) is 35.4 Å². The fourth-order valence-electron chi connectivity index (χ4n) is 5.99. The van der Waals surface area contributed by atoms with Crippen molar-refractivity contribution in [2.45, 2.75) is 195 Å². The predicted octanol–water partition coefficient (Wildman–Crippen LogP) is 14.4. The molecule has 1 aromatic rings. The summed E-state index contributed by atoms with van der Waals surface area (Å²) < 4.78 is 0. The molecule has 0 spiro atoms. The Labute approximate surface area is 313 Å². The molecule has 1 saturated carbocycles. The van der Waals surface area contributed by atoms with Crippen molar-refractivity contribution in [3.8, 4) is 0 Å². The smallest absolute Gasteiger partial charge is 0.220 e. The van der Waals surface area contributed by atoms with Gasteiger partial charge in [-0.1, -0.05) is 149 Å². The summed E-state index contributed by atoms with van der Waals surface area (Å²) in [5.41, 5.74) is 11.8. The number of nitrogens with two attached hydrogens (primary N) is 1. The average molecular weight is 702 g/mol. The van der Waals surface area contributed by atoms with Crippen molar-refractivity contribution < 1.29 is 4.79 Å². The van der Waals surface area contributed by atoms with Crippen LogP contribution in [0, 0.1) is 43.8 Å². The van der Waals surface area contributed by atoms with Crippen molar-refractivity contribution >= 4 is 17.7 Å². The second kappa shape index (κ2) is 19.8. The van der Waals surface area contributed by atoms with E-state index in [1.54, 1.807) is 11.1 Å². The molecule has 1 amide bonds. The minimum Gasteiger partial charge on any atom is -0.369 e. The Morgan fingerprint density at radius 3 is 1.35 bits per heavy atom. The average Bonchev–Trinajstić information content (AvgIpc) is 3.69. The number of aryl methyl sites for hydroxylation is 2. The van der Waals surface area contributed by atoms with Gasteiger partial charge in [-0.15, -0.1) is 0 Å². The van der Waals surface area contributed by atoms with Crippen LogP contribution in [0.2, 0.25) is 0 Å². The second-order valence-electron chi connectivity index (χ2n) is 22.6.